The molecule has 6 nitrogen and oxygen atoms in total. The van der Waals surface area contributed by atoms with Crippen molar-refractivity contribution in [1.82, 2.24) is 14.5 Å². The van der Waals surface area contributed by atoms with E-state index in [4.69, 9.17) is 19.4 Å². The number of hydrogen-bond donors (Lipinski definition) is 1. The first kappa shape index (κ1) is 24.5. The van der Waals surface area contributed by atoms with Crippen LogP contribution in [0.4, 0.5) is 5.95 Å². The maximum absolute atomic E-state index is 5.65. The average Bonchev–Trinajstić information content (AvgIpc) is 3.17. The first-order valence-corrected chi connectivity index (χ1v) is 11.6. The van der Waals surface area contributed by atoms with Gasteiger partial charge in [-0.05, 0) is 43.9 Å². The third kappa shape index (κ3) is 6.23. The van der Waals surface area contributed by atoms with Crippen molar-refractivity contribution in [2.45, 2.75) is 46.6 Å². The standard InChI is InChI=1S/C27H36N4O2/c1-6-7-12-20(2)25(21(3)33-5)23-17-24-26(29-18-23)30-27(28-15-11-16-32-4)31(24)19-22-13-9-8-10-14-22/h8-10,12-14,17-18H,6-7,11,15-16,19H2,1-5H3,(H,28,29,30)/b20-12+,25-21+. The zero-order valence-electron chi connectivity index (χ0n) is 20.5. The van der Waals surface area contributed by atoms with Crippen molar-refractivity contribution in [3.8, 4) is 0 Å². The Bertz CT molecular complexity index is 1100. The molecule has 33 heavy (non-hydrogen) atoms. The zero-order valence-corrected chi connectivity index (χ0v) is 20.5. The number of nitrogens with one attached hydrogen (secondary N) is 1. The molecule has 1 aromatic carbocycles. The van der Waals surface area contributed by atoms with E-state index in [1.165, 1.54) is 11.1 Å². The number of rotatable bonds is 12. The van der Waals surface area contributed by atoms with Gasteiger partial charge >= 0.3 is 0 Å². The minimum atomic E-state index is 0.710. The van der Waals surface area contributed by atoms with Crippen molar-refractivity contribution < 1.29 is 9.47 Å². The second kappa shape index (κ2) is 12.2. The highest BCUT2D eigenvalue weighted by atomic mass is 16.5. The van der Waals surface area contributed by atoms with Gasteiger partial charge in [0.05, 0.1) is 19.2 Å². The van der Waals surface area contributed by atoms with Gasteiger partial charge in [0.15, 0.2) is 5.65 Å². The molecule has 0 amide bonds. The largest absolute Gasteiger partial charge is 0.501 e. The molecule has 3 rings (SSSR count). The van der Waals surface area contributed by atoms with Gasteiger partial charge in [0.1, 0.15) is 5.76 Å². The summed E-state index contributed by atoms with van der Waals surface area (Å²) in [4.78, 5) is 9.54. The van der Waals surface area contributed by atoms with Crippen LogP contribution in [0, 0.1) is 0 Å². The molecule has 0 saturated heterocycles. The van der Waals surface area contributed by atoms with E-state index < -0.39 is 0 Å². The molecule has 0 aliphatic heterocycles. The van der Waals surface area contributed by atoms with E-state index >= 15 is 0 Å². The average molecular weight is 449 g/mol. The topological polar surface area (TPSA) is 61.2 Å². The summed E-state index contributed by atoms with van der Waals surface area (Å²) in [6.07, 6.45) is 7.22. The van der Waals surface area contributed by atoms with Crippen LogP contribution in [0.25, 0.3) is 16.7 Å². The first-order chi connectivity index (χ1) is 16.1. The van der Waals surface area contributed by atoms with Crippen molar-refractivity contribution in [3.63, 3.8) is 0 Å². The van der Waals surface area contributed by atoms with Gasteiger partial charge in [-0.1, -0.05) is 49.8 Å². The molecular formula is C27H36N4O2. The lowest BCUT2D eigenvalue weighted by atomic mass is 9.98. The minimum Gasteiger partial charge on any atom is -0.501 e. The van der Waals surface area contributed by atoms with Crippen molar-refractivity contribution in [2.75, 3.05) is 32.7 Å². The summed E-state index contributed by atoms with van der Waals surface area (Å²) in [5, 5.41) is 3.47. The summed E-state index contributed by atoms with van der Waals surface area (Å²) >= 11 is 0. The molecule has 0 bridgehead atoms. The van der Waals surface area contributed by atoms with Gasteiger partial charge in [-0.15, -0.1) is 0 Å². The molecule has 0 unspecified atom stereocenters. The molecule has 0 saturated carbocycles. The smallest absolute Gasteiger partial charge is 0.205 e. The molecule has 0 aliphatic rings. The van der Waals surface area contributed by atoms with Crippen LogP contribution in [0.15, 0.2) is 60.0 Å². The number of methoxy groups -OCH3 is 2. The summed E-state index contributed by atoms with van der Waals surface area (Å²) < 4.78 is 13.0. The second-order valence-electron chi connectivity index (χ2n) is 8.16. The van der Waals surface area contributed by atoms with Crippen LogP contribution in [0.2, 0.25) is 0 Å². The molecule has 1 N–H and O–H groups in total. The molecule has 176 valence electrons. The van der Waals surface area contributed by atoms with E-state index in [1.54, 1.807) is 14.2 Å². The van der Waals surface area contributed by atoms with Crippen LogP contribution >= 0.6 is 0 Å². The second-order valence-corrected chi connectivity index (χ2v) is 8.16. The number of fused-ring (bicyclic) bond motifs is 1. The molecule has 3 aromatic rings. The third-order valence-corrected chi connectivity index (χ3v) is 5.68. The Balaban J connectivity index is 2.08. The molecule has 0 spiro atoms. The Morgan fingerprint density at radius 2 is 1.94 bits per heavy atom. The SMILES string of the molecule is CCC/C=C(C)/C(=C(/C)OC)c1cnc2nc(NCCCOC)n(Cc3ccccc3)c2c1. The van der Waals surface area contributed by atoms with Gasteiger partial charge in [-0.2, -0.15) is 4.98 Å². The highest BCUT2D eigenvalue weighted by molar-refractivity contribution is 5.85. The summed E-state index contributed by atoms with van der Waals surface area (Å²) in [7, 11) is 3.44. The minimum absolute atomic E-state index is 0.710. The summed E-state index contributed by atoms with van der Waals surface area (Å²) in [6, 6.07) is 12.6. The van der Waals surface area contributed by atoms with Crippen LogP contribution in [-0.2, 0) is 16.0 Å². The number of nitrogens with zero attached hydrogens (tertiary/aromatic N) is 3. The van der Waals surface area contributed by atoms with Gasteiger partial charge < -0.3 is 19.4 Å². The van der Waals surface area contributed by atoms with E-state index in [1.807, 2.05) is 19.2 Å². The van der Waals surface area contributed by atoms with Gasteiger partial charge in [-0.25, -0.2) is 4.98 Å². The number of imidazole rings is 1. The van der Waals surface area contributed by atoms with E-state index in [0.29, 0.717) is 13.2 Å². The van der Waals surface area contributed by atoms with Crippen LogP contribution in [0.1, 0.15) is 51.2 Å². The highest BCUT2D eigenvalue weighted by Gasteiger charge is 2.16. The van der Waals surface area contributed by atoms with Crippen molar-refractivity contribution in [3.05, 3.63) is 71.1 Å². The summed E-state index contributed by atoms with van der Waals surface area (Å²) in [5.74, 6) is 1.70. The van der Waals surface area contributed by atoms with E-state index in [2.05, 4.69) is 60.1 Å². The predicted octanol–water partition coefficient (Wildman–Crippen LogP) is 6.05. The van der Waals surface area contributed by atoms with E-state index in [9.17, 15) is 0 Å². The van der Waals surface area contributed by atoms with Gasteiger partial charge in [-0.3, -0.25) is 0 Å². The van der Waals surface area contributed by atoms with Crippen LogP contribution in [-0.4, -0.2) is 41.9 Å². The Morgan fingerprint density at radius 1 is 1.15 bits per heavy atom. The summed E-state index contributed by atoms with van der Waals surface area (Å²) in [5.41, 5.74) is 6.26. The van der Waals surface area contributed by atoms with Crippen LogP contribution in [0.5, 0.6) is 0 Å². The van der Waals surface area contributed by atoms with Gasteiger partial charge in [0.25, 0.3) is 0 Å². The molecule has 0 aliphatic carbocycles. The molecule has 2 heterocycles. The Hall–Kier alpha value is -3.12. The number of anilines is 1. The molecular weight excluding hydrogens is 412 g/mol. The number of hydrogen-bond acceptors (Lipinski definition) is 5. The highest BCUT2D eigenvalue weighted by Crippen LogP contribution is 2.30. The number of benzene rings is 1. The fourth-order valence-corrected chi connectivity index (χ4v) is 3.89. The lowest BCUT2D eigenvalue weighted by Gasteiger charge is -2.14. The maximum atomic E-state index is 5.65. The number of aromatic nitrogens is 3. The third-order valence-electron chi connectivity index (χ3n) is 5.68. The van der Waals surface area contributed by atoms with Crippen LogP contribution < -0.4 is 5.32 Å². The zero-order chi connectivity index (χ0) is 23.6. The fourth-order valence-electron chi connectivity index (χ4n) is 3.89. The predicted molar refractivity (Wildman–Crippen MR) is 136 cm³/mol. The Morgan fingerprint density at radius 3 is 2.64 bits per heavy atom. The monoisotopic (exact) mass is 448 g/mol. The lowest BCUT2D eigenvalue weighted by molar-refractivity contribution is 0.197. The fraction of sp³-hybridized carbons (Fsp3) is 0.407. The Kier molecular flexibility index (Phi) is 9.07. The molecule has 6 heteroatoms. The number of pyridine rings is 1. The van der Waals surface area contributed by atoms with Gasteiger partial charge in [0, 0.05) is 37.6 Å². The summed E-state index contributed by atoms with van der Waals surface area (Å²) in [6.45, 7) is 8.54. The quantitative estimate of drug-likeness (QED) is 0.208. The van der Waals surface area contributed by atoms with Gasteiger partial charge in [0.2, 0.25) is 5.95 Å². The molecule has 0 atom stereocenters. The molecule has 2 aromatic heterocycles. The molecule has 0 fully saturated rings. The van der Waals surface area contributed by atoms with E-state index in [-0.39, 0.29) is 0 Å². The lowest BCUT2D eigenvalue weighted by Crippen LogP contribution is -2.11. The first-order valence-electron chi connectivity index (χ1n) is 11.6. The van der Waals surface area contributed by atoms with E-state index in [0.717, 1.165) is 59.8 Å². The van der Waals surface area contributed by atoms with Crippen molar-refractivity contribution >= 4 is 22.7 Å². The normalized spacial score (nSPS) is 12.7. The van der Waals surface area contributed by atoms with Crippen LogP contribution in [0.3, 0.4) is 0 Å². The van der Waals surface area contributed by atoms with Crippen molar-refractivity contribution in [1.29, 1.82) is 0 Å². The maximum Gasteiger partial charge on any atom is 0.205 e. The van der Waals surface area contributed by atoms with Crippen molar-refractivity contribution in [2.24, 2.45) is 0 Å². The number of ether oxygens (including phenoxy) is 2. The Labute approximate surface area is 197 Å². The number of allylic oxidation sites excluding steroid dienone is 4. The number of unbranched alkanes of at least 4 members (excludes halogenated alkanes) is 1. The molecule has 0 radical (unpaired) electrons.